The van der Waals surface area contributed by atoms with E-state index in [1.165, 1.54) is 5.52 Å². The number of hydrogen-bond donors (Lipinski definition) is 0. The van der Waals surface area contributed by atoms with Crippen LogP contribution in [-0.2, 0) is 24.9 Å². The van der Waals surface area contributed by atoms with Crippen LogP contribution in [0.1, 0.15) is 5.82 Å². The van der Waals surface area contributed by atoms with Gasteiger partial charge in [0.25, 0.3) is 0 Å². The average Bonchev–Trinajstić information content (AvgIpc) is 3.17. The highest BCUT2D eigenvalue weighted by Gasteiger charge is 2.22. The van der Waals surface area contributed by atoms with Crippen molar-refractivity contribution in [2.24, 2.45) is 7.05 Å². The maximum atomic E-state index is 5.88. The van der Waals surface area contributed by atoms with Gasteiger partial charge in [-0.05, 0) is 18.2 Å². The molecule has 0 N–H and O–H groups in total. The van der Waals surface area contributed by atoms with Crippen molar-refractivity contribution in [1.29, 1.82) is 0 Å². The third-order valence-corrected chi connectivity index (χ3v) is 4.42. The van der Waals surface area contributed by atoms with Gasteiger partial charge in [-0.15, -0.1) is 0 Å². The molecule has 3 aromatic rings. The van der Waals surface area contributed by atoms with Crippen molar-refractivity contribution in [2.45, 2.75) is 19.2 Å². The molecule has 1 aliphatic heterocycles. The Morgan fingerprint density at radius 2 is 2.17 bits per heavy atom. The van der Waals surface area contributed by atoms with Gasteiger partial charge in [0.1, 0.15) is 5.82 Å². The van der Waals surface area contributed by atoms with E-state index >= 15 is 0 Å². The van der Waals surface area contributed by atoms with Crippen molar-refractivity contribution in [2.75, 3.05) is 19.7 Å². The van der Waals surface area contributed by atoms with Gasteiger partial charge in [0.15, 0.2) is 0 Å². The summed E-state index contributed by atoms with van der Waals surface area (Å²) in [6.07, 6.45) is 3.96. The number of aromatic nitrogens is 4. The standard InChI is InChI=1S/C17H21N5O/c1-20-16-6-3-2-5-15(16)19-17(20)13-21-9-10-23-14(11-21)12-22-8-4-7-18-22/h2-8,14H,9-13H2,1H3/t14-/m1/s1. The van der Waals surface area contributed by atoms with Crippen LogP contribution < -0.4 is 0 Å². The second-order valence-corrected chi connectivity index (χ2v) is 6.03. The summed E-state index contributed by atoms with van der Waals surface area (Å²) in [5.41, 5.74) is 2.25. The Morgan fingerprint density at radius 1 is 1.26 bits per heavy atom. The maximum absolute atomic E-state index is 5.88. The Balaban J connectivity index is 1.46. The Morgan fingerprint density at radius 3 is 3.00 bits per heavy atom. The largest absolute Gasteiger partial charge is 0.374 e. The molecule has 6 heteroatoms. The Kier molecular flexibility index (Phi) is 3.85. The van der Waals surface area contributed by atoms with E-state index in [1.54, 1.807) is 6.20 Å². The second-order valence-electron chi connectivity index (χ2n) is 6.03. The smallest absolute Gasteiger partial charge is 0.123 e. The summed E-state index contributed by atoms with van der Waals surface area (Å²) in [5, 5.41) is 4.26. The monoisotopic (exact) mass is 311 g/mol. The Labute approximate surface area is 135 Å². The van der Waals surface area contributed by atoms with Crippen molar-refractivity contribution >= 4 is 11.0 Å². The summed E-state index contributed by atoms with van der Waals surface area (Å²) >= 11 is 0. The molecule has 0 saturated carbocycles. The predicted molar refractivity (Wildman–Crippen MR) is 88.0 cm³/mol. The van der Waals surface area contributed by atoms with Crippen LogP contribution in [0, 0.1) is 0 Å². The highest BCUT2D eigenvalue weighted by Crippen LogP contribution is 2.17. The molecule has 23 heavy (non-hydrogen) atoms. The molecule has 1 fully saturated rings. The van der Waals surface area contributed by atoms with Gasteiger partial charge >= 0.3 is 0 Å². The van der Waals surface area contributed by atoms with Crippen molar-refractivity contribution in [1.82, 2.24) is 24.2 Å². The highest BCUT2D eigenvalue weighted by atomic mass is 16.5. The number of morpholine rings is 1. The SMILES string of the molecule is Cn1c(CN2CCO[C@@H](Cn3cccn3)C2)nc2ccccc21. The average molecular weight is 311 g/mol. The third-order valence-electron chi connectivity index (χ3n) is 4.42. The molecule has 0 aliphatic carbocycles. The molecule has 1 aromatic carbocycles. The quantitative estimate of drug-likeness (QED) is 0.735. The zero-order valence-corrected chi connectivity index (χ0v) is 13.3. The highest BCUT2D eigenvalue weighted by molar-refractivity contribution is 5.75. The second kappa shape index (κ2) is 6.14. The molecule has 1 atom stereocenters. The number of hydrogen-bond acceptors (Lipinski definition) is 4. The number of ether oxygens (including phenoxy) is 1. The van der Waals surface area contributed by atoms with Gasteiger partial charge in [0, 0.05) is 32.5 Å². The number of para-hydroxylation sites is 2. The van der Waals surface area contributed by atoms with Crippen LogP contribution in [-0.4, -0.2) is 50.0 Å². The zero-order valence-electron chi connectivity index (χ0n) is 13.3. The van der Waals surface area contributed by atoms with Crippen molar-refractivity contribution in [3.05, 3.63) is 48.5 Å². The molecule has 0 unspecified atom stereocenters. The zero-order chi connectivity index (χ0) is 15.6. The Hall–Kier alpha value is -2.18. The summed E-state index contributed by atoms with van der Waals surface area (Å²) in [6.45, 7) is 4.26. The summed E-state index contributed by atoms with van der Waals surface area (Å²) < 4.78 is 10.0. The third kappa shape index (κ3) is 3.00. The molecule has 0 bridgehead atoms. The van der Waals surface area contributed by atoms with Crippen molar-refractivity contribution in [3.63, 3.8) is 0 Å². The topological polar surface area (TPSA) is 48.1 Å². The summed E-state index contributed by atoms with van der Waals surface area (Å²) in [5.74, 6) is 1.10. The molecule has 3 heterocycles. The first kappa shape index (κ1) is 14.4. The molecule has 1 aliphatic rings. The number of rotatable bonds is 4. The van der Waals surface area contributed by atoms with Gasteiger partial charge in [0.2, 0.25) is 0 Å². The lowest BCUT2D eigenvalue weighted by Crippen LogP contribution is -2.44. The normalized spacial score (nSPS) is 19.4. The van der Waals surface area contributed by atoms with E-state index < -0.39 is 0 Å². The number of imidazole rings is 1. The van der Waals surface area contributed by atoms with E-state index in [-0.39, 0.29) is 6.10 Å². The fraction of sp³-hybridized carbons (Fsp3) is 0.412. The number of aryl methyl sites for hydroxylation is 1. The van der Waals surface area contributed by atoms with Crippen LogP contribution in [0.3, 0.4) is 0 Å². The molecule has 4 rings (SSSR count). The van der Waals surface area contributed by atoms with E-state index in [0.717, 1.165) is 44.1 Å². The van der Waals surface area contributed by atoms with E-state index in [4.69, 9.17) is 9.72 Å². The minimum absolute atomic E-state index is 0.179. The van der Waals surface area contributed by atoms with Crippen LogP contribution in [0.5, 0.6) is 0 Å². The summed E-state index contributed by atoms with van der Waals surface area (Å²) in [7, 11) is 2.09. The first-order valence-corrected chi connectivity index (χ1v) is 8.01. The molecule has 120 valence electrons. The summed E-state index contributed by atoms with van der Waals surface area (Å²) in [6, 6.07) is 10.2. The minimum atomic E-state index is 0.179. The van der Waals surface area contributed by atoms with E-state index in [1.807, 2.05) is 23.0 Å². The minimum Gasteiger partial charge on any atom is -0.374 e. The van der Waals surface area contributed by atoms with Crippen LogP contribution in [0.4, 0.5) is 0 Å². The lowest BCUT2D eigenvalue weighted by molar-refractivity contribution is -0.0410. The molecular formula is C17H21N5O. The fourth-order valence-corrected chi connectivity index (χ4v) is 3.19. The molecule has 0 spiro atoms. The first-order chi connectivity index (χ1) is 11.3. The van der Waals surface area contributed by atoms with Crippen LogP contribution in [0.15, 0.2) is 42.7 Å². The van der Waals surface area contributed by atoms with Crippen molar-refractivity contribution < 1.29 is 4.74 Å². The van der Waals surface area contributed by atoms with Crippen LogP contribution >= 0.6 is 0 Å². The predicted octanol–water partition coefficient (Wildman–Crippen LogP) is 1.67. The number of fused-ring (bicyclic) bond motifs is 1. The van der Waals surface area contributed by atoms with Gasteiger partial charge < -0.3 is 9.30 Å². The number of benzene rings is 1. The fourth-order valence-electron chi connectivity index (χ4n) is 3.19. The van der Waals surface area contributed by atoms with Gasteiger partial charge in [-0.2, -0.15) is 5.10 Å². The van der Waals surface area contributed by atoms with E-state index in [9.17, 15) is 0 Å². The molecule has 6 nitrogen and oxygen atoms in total. The van der Waals surface area contributed by atoms with Gasteiger partial charge in [-0.25, -0.2) is 4.98 Å². The van der Waals surface area contributed by atoms with Gasteiger partial charge in [0.05, 0.1) is 36.8 Å². The maximum Gasteiger partial charge on any atom is 0.123 e. The van der Waals surface area contributed by atoms with E-state index in [2.05, 4.69) is 39.8 Å². The molecule has 2 aromatic heterocycles. The Bertz CT molecular complexity index is 779. The van der Waals surface area contributed by atoms with E-state index in [0.29, 0.717) is 0 Å². The lowest BCUT2D eigenvalue weighted by Gasteiger charge is -2.32. The lowest BCUT2D eigenvalue weighted by atomic mass is 10.2. The summed E-state index contributed by atoms with van der Waals surface area (Å²) in [4.78, 5) is 7.19. The van der Waals surface area contributed by atoms with Gasteiger partial charge in [-0.1, -0.05) is 12.1 Å². The van der Waals surface area contributed by atoms with Crippen LogP contribution in [0.2, 0.25) is 0 Å². The first-order valence-electron chi connectivity index (χ1n) is 8.01. The molecular weight excluding hydrogens is 290 g/mol. The van der Waals surface area contributed by atoms with Crippen LogP contribution in [0.25, 0.3) is 11.0 Å². The van der Waals surface area contributed by atoms with Crippen molar-refractivity contribution in [3.8, 4) is 0 Å². The molecule has 0 radical (unpaired) electrons. The molecule has 0 amide bonds. The molecule has 1 saturated heterocycles. The number of nitrogens with zero attached hydrogens (tertiary/aromatic N) is 5. The van der Waals surface area contributed by atoms with Gasteiger partial charge in [-0.3, -0.25) is 9.58 Å².